The second-order valence-electron chi connectivity index (χ2n) is 4.95. The van der Waals surface area contributed by atoms with E-state index >= 15 is 0 Å². The monoisotopic (exact) mass is 368 g/mol. The summed E-state index contributed by atoms with van der Waals surface area (Å²) in [4.78, 5) is 9.14. The average Bonchev–Trinajstić information content (AvgIpc) is 3.11. The number of aryl methyl sites for hydroxylation is 1. The van der Waals surface area contributed by atoms with Crippen molar-refractivity contribution in [3.05, 3.63) is 62.5 Å². The zero-order chi connectivity index (χ0) is 16.2. The van der Waals surface area contributed by atoms with Gasteiger partial charge in [0, 0.05) is 32.1 Å². The van der Waals surface area contributed by atoms with Gasteiger partial charge in [0.25, 0.3) is 0 Å². The van der Waals surface area contributed by atoms with E-state index in [4.69, 9.17) is 27.9 Å². The third-order valence-corrected chi connectivity index (χ3v) is 4.72. The molecule has 0 spiro atoms. The van der Waals surface area contributed by atoms with Gasteiger partial charge in [-0.1, -0.05) is 29.3 Å². The van der Waals surface area contributed by atoms with Crippen LogP contribution in [0.5, 0.6) is 0 Å². The first-order valence-corrected chi connectivity index (χ1v) is 8.49. The van der Waals surface area contributed by atoms with Crippen LogP contribution in [0.1, 0.15) is 22.2 Å². The van der Waals surface area contributed by atoms with Crippen LogP contribution in [0.15, 0.2) is 36.9 Å². The number of aromatic nitrogens is 4. The largest absolute Gasteiger partial charge is 0.366 e. The normalized spacial score (nSPS) is 12.5. The lowest BCUT2D eigenvalue weighted by molar-refractivity contribution is 0.0361. The number of pyridine rings is 1. The molecule has 0 aromatic carbocycles. The maximum atomic E-state index is 6.28. The van der Waals surface area contributed by atoms with Gasteiger partial charge >= 0.3 is 0 Å². The van der Waals surface area contributed by atoms with Crippen molar-refractivity contribution in [3.8, 4) is 0 Å². The van der Waals surface area contributed by atoms with Crippen molar-refractivity contribution in [2.45, 2.75) is 19.1 Å². The molecule has 0 aliphatic rings. The summed E-state index contributed by atoms with van der Waals surface area (Å²) in [7, 11) is 1.85. The van der Waals surface area contributed by atoms with E-state index in [1.165, 1.54) is 11.3 Å². The van der Waals surface area contributed by atoms with E-state index in [0.717, 1.165) is 16.1 Å². The predicted molar refractivity (Wildman–Crippen MR) is 90.8 cm³/mol. The van der Waals surface area contributed by atoms with Crippen molar-refractivity contribution in [1.29, 1.82) is 0 Å². The summed E-state index contributed by atoms with van der Waals surface area (Å²) < 4.78 is 8.33. The van der Waals surface area contributed by atoms with Gasteiger partial charge in [-0.2, -0.15) is 5.10 Å². The molecule has 0 aliphatic heterocycles. The molecule has 8 heteroatoms. The summed E-state index contributed by atoms with van der Waals surface area (Å²) in [5.41, 5.74) is 1.91. The van der Waals surface area contributed by atoms with Crippen molar-refractivity contribution < 1.29 is 4.74 Å². The Morgan fingerprint density at radius 3 is 2.78 bits per heavy atom. The maximum absolute atomic E-state index is 6.28. The van der Waals surface area contributed by atoms with Gasteiger partial charge < -0.3 is 4.74 Å². The first-order chi connectivity index (χ1) is 11.1. The molecule has 3 aromatic rings. The highest BCUT2D eigenvalue weighted by molar-refractivity contribution is 7.15. The summed E-state index contributed by atoms with van der Waals surface area (Å²) in [5, 5.41) is 4.78. The fourth-order valence-electron chi connectivity index (χ4n) is 2.28. The zero-order valence-corrected chi connectivity index (χ0v) is 14.6. The lowest BCUT2D eigenvalue weighted by Crippen LogP contribution is -2.13. The highest BCUT2D eigenvalue weighted by Crippen LogP contribution is 2.30. The molecule has 120 valence electrons. The van der Waals surface area contributed by atoms with Gasteiger partial charge in [-0.25, -0.2) is 4.98 Å². The Bertz CT molecular complexity index is 755. The summed E-state index contributed by atoms with van der Waals surface area (Å²) in [5.74, 6) is 0. The van der Waals surface area contributed by atoms with Crippen LogP contribution in [-0.2, 0) is 24.8 Å². The third-order valence-electron chi connectivity index (χ3n) is 3.34. The molecule has 5 nitrogen and oxygen atoms in total. The lowest BCUT2D eigenvalue weighted by atomic mass is 10.1. The van der Waals surface area contributed by atoms with E-state index < -0.39 is 0 Å². The minimum atomic E-state index is -0.236. The van der Waals surface area contributed by atoms with Crippen LogP contribution in [0.25, 0.3) is 0 Å². The van der Waals surface area contributed by atoms with Gasteiger partial charge in [-0.15, -0.1) is 11.3 Å². The van der Waals surface area contributed by atoms with Gasteiger partial charge in [0.05, 0.1) is 28.4 Å². The average molecular weight is 369 g/mol. The number of hydrogen-bond acceptors (Lipinski definition) is 5. The molecule has 0 bridgehead atoms. The Kier molecular flexibility index (Phi) is 5.27. The minimum Gasteiger partial charge on any atom is -0.366 e. The van der Waals surface area contributed by atoms with Crippen molar-refractivity contribution >= 4 is 34.5 Å². The second-order valence-corrected chi connectivity index (χ2v) is 7.05. The molecule has 0 N–H and O–H groups in total. The van der Waals surface area contributed by atoms with Crippen LogP contribution in [0, 0.1) is 0 Å². The van der Waals surface area contributed by atoms with E-state index in [1.807, 2.05) is 25.4 Å². The van der Waals surface area contributed by atoms with Gasteiger partial charge in [0.2, 0.25) is 0 Å². The van der Waals surface area contributed by atoms with Gasteiger partial charge in [-0.3, -0.25) is 9.67 Å². The van der Waals surface area contributed by atoms with E-state index in [1.54, 1.807) is 23.3 Å². The molecule has 3 rings (SSSR count). The van der Waals surface area contributed by atoms with Crippen LogP contribution in [0.4, 0.5) is 0 Å². The Morgan fingerprint density at radius 1 is 1.30 bits per heavy atom. The standard InChI is InChI=1S/C15H14Cl2N4OS/c1-21-14(12(16)8-20-21)13(5-10-3-2-4-18-6-10)22-9-11-7-19-15(17)23-11/h2-4,6-8,13H,5,9H2,1H3/t13-/m1/s1. The van der Waals surface area contributed by atoms with Crippen molar-refractivity contribution in [2.75, 3.05) is 0 Å². The van der Waals surface area contributed by atoms with E-state index in [9.17, 15) is 0 Å². The van der Waals surface area contributed by atoms with Crippen LogP contribution in [0.2, 0.25) is 9.49 Å². The SMILES string of the molecule is Cn1ncc(Cl)c1[C@@H](Cc1cccnc1)OCc1cnc(Cl)s1. The molecule has 0 saturated heterocycles. The molecule has 0 fully saturated rings. The van der Waals surface area contributed by atoms with Gasteiger partial charge in [-0.05, 0) is 11.6 Å². The fraction of sp³-hybridized carbons (Fsp3) is 0.267. The molecule has 3 aromatic heterocycles. The summed E-state index contributed by atoms with van der Waals surface area (Å²) >= 11 is 13.5. The molecule has 0 amide bonds. The Morgan fingerprint density at radius 2 is 2.17 bits per heavy atom. The van der Waals surface area contributed by atoms with Gasteiger partial charge in [0.15, 0.2) is 4.47 Å². The minimum absolute atomic E-state index is 0.236. The Hall–Kier alpha value is -1.47. The molecule has 0 aliphatic carbocycles. The molecule has 0 unspecified atom stereocenters. The molecule has 3 heterocycles. The van der Waals surface area contributed by atoms with Crippen molar-refractivity contribution in [3.63, 3.8) is 0 Å². The number of ether oxygens (including phenoxy) is 1. The summed E-state index contributed by atoms with van der Waals surface area (Å²) in [6.45, 7) is 0.414. The second kappa shape index (κ2) is 7.40. The van der Waals surface area contributed by atoms with Gasteiger partial charge in [0.1, 0.15) is 6.10 Å². The number of nitrogens with zero attached hydrogens (tertiary/aromatic N) is 4. The lowest BCUT2D eigenvalue weighted by Gasteiger charge is -2.18. The van der Waals surface area contributed by atoms with E-state index in [2.05, 4.69) is 15.1 Å². The highest BCUT2D eigenvalue weighted by Gasteiger charge is 2.21. The van der Waals surface area contributed by atoms with Crippen molar-refractivity contribution in [1.82, 2.24) is 19.7 Å². The number of halogens is 2. The number of hydrogen-bond donors (Lipinski definition) is 0. The zero-order valence-electron chi connectivity index (χ0n) is 12.3. The van der Waals surface area contributed by atoms with Crippen LogP contribution < -0.4 is 0 Å². The molecular weight excluding hydrogens is 355 g/mol. The van der Waals surface area contributed by atoms with E-state index in [-0.39, 0.29) is 6.10 Å². The summed E-state index contributed by atoms with van der Waals surface area (Å²) in [6, 6.07) is 3.91. The molecular formula is C15H14Cl2N4OS. The van der Waals surface area contributed by atoms with Crippen LogP contribution in [-0.4, -0.2) is 19.7 Å². The molecule has 0 saturated carbocycles. The maximum Gasteiger partial charge on any atom is 0.183 e. The summed E-state index contributed by atoms with van der Waals surface area (Å²) in [6.07, 6.45) is 7.33. The van der Waals surface area contributed by atoms with Crippen LogP contribution in [0.3, 0.4) is 0 Å². The Labute approximate surface area is 147 Å². The topological polar surface area (TPSA) is 52.8 Å². The molecule has 23 heavy (non-hydrogen) atoms. The third kappa shape index (κ3) is 4.09. The van der Waals surface area contributed by atoms with Crippen LogP contribution >= 0.6 is 34.5 Å². The van der Waals surface area contributed by atoms with Crippen molar-refractivity contribution in [2.24, 2.45) is 7.05 Å². The first-order valence-electron chi connectivity index (χ1n) is 6.91. The predicted octanol–water partition coefficient (Wildman–Crippen LogP) is 4.08. The number of thiazole rings is 1. The first kappa shape index (κ1) is 16.4. The highest BCUT2D eigenvalue weighted by atomic mass is 35.5. The van der Waals surface area contributed by atoms with E-state index in [0.29, 0.717) is 22.5 Å². The number of rotatable bonds is 6. The fourth-order valence-corrected chi connectivity index (χ4v) is 3.47. The Balaban J connectivity index is 1.81. The quantitative estimate of drug-likeness (QED) is 0.657. The molecule has 1 atom stereocenters. The smallest absolute Gasteiger partial charge is 0.183 e. The molecule has 0 radical (unpaired) electrons.